The third-order valence-electron chi connectivity index (χ3n) is 3.34. The van der Waals surface area contributed by atoms with Gasteiger partial charge in [-0.25, -0.2) is 0 Å². The quantitative estimate of drug-likeness (QED) is 0.786. The molecule has 116 valence electrons. The Balaban J connectivity index is 0. The van der Waals surface area contributed by atoms with E-state index in [9.17, 15) is 4.79 Å². The molecule has 0 bridgehead atoms. The highest BCUT2D eigenvalue weighted by molar-refractivity contribution is 5.85. The highest BCUT2D eigenvalue weighted by Gasteiger charge is 2.18. The lowest BCUT2D eigenvalue weighted by molar-refractivity contribution is -0.121. The molecule has 0 aromatic carbocycles. The zero-order chi connectivity index (χ0) is 12.7. The number of hydrogen-bond acceptors (Lipinski definition) is 3. The smallest absolute Gasteiger partial charge is 0.221 e. The molecular formula is C13H29Cl2N3O. The number of nitrogens with one attached hydrogen (secondary N) is 1. The number of nitrogens with zero attached hydrogens (tertiary/aromatic N) is 1. The number of piperidine rings is 1. The van der Waals surface area contributed by atoms with Crippen molar-refractivity contribution in [2.75, 3.05) is 26.2 Å². The Morgan fingerprint density at radius 3 is 2.42 bits per heavy atom. The van der Waals surface area contributed by atoms with E-state index in [0.717, 1.165) is 6.54 Å². The van der Waals surface area contributed by atoms with Crippen LogP contribution in [-0.4, -0.2) is 43.0 Å². The molecule has 0 aromatic heterocycles. The van der Waals surface area contributed by atoms with Gasteiger partial charge >= 0.3 is 0 Å². The minimum atomic E-state index is -0.0404. The van der Waals surface area contributed by atoms with Gasteiger partial charge in [-0.2, -0.15) is 0 Å². The number of rotatable bonds is 6. The van der Waals surface area contributed by atoms with Crippen molar-refractivity contribution in [3.63, 3.8) is 0 Å². The first-order chi connectivity index (χ1) is 8.11. The van der Waals surface area contributed by atoms with E-state index >= 15 is 0 Å². The largest absolute Gasteiger partial charge is 0.356 e. The topological polar surface area (TPSA) is 58.4 Å². The number of carbonyl (C=O) groups excluding carboxylic acids is 1. The Morgan fingerprint density at radius 1 is 1.37 bits per heavy atom. The highest BCUT2D eigenvalue weighted by atomic mass is 35.5. The third kappa shape index (κ3) is 9.50. The summed E-state index contributed by atoms with van der Waals surface area (Å²) in [5, 5.41) is 2.99. The fraction of sp³-hybridized carbons (Fsp3) is 0.923. The van der Waals surface area contributed by atoms with Crippen molar-refractivity contribution in [2.45, 2.75) is 45.6 Å². The number of likely N-dealkylation sites (tertiary alicyclic amines) is 1. The highest BCUT2D eigenvalue weighted by Crippen LogP contribution is 2.16. The molecule has 0 spiro atoms. The summed E-state index contributed by atoms with van der Waals surface area (Å²) < 4.78 is 0. The fourth-order valence-electron chi connectivity index (χ4n) is 2.35. The molecule has 1 rings (SSSR count). The summed E-state index contributed by atoms with van der Waals surface area (Å²) in [5.74, 6) is 0.746. The number of halogens is 2. The standard InChI is InChI=1S/C13H27N3O.2ClH/c1-3-6-16-7-4-12(5-8-16)10-15-13(17)9-11(2)14;;/h11-12H,3-10,14H2,1-2H3,(H,15,17);2*1H. The van der Waals surface area contributed by atoms with Crippen LogP contribution in [-0.2, 0) is 4.79 Å². The Morgan fingerprint density at radius 2 is 1.95 bits per heavy atom. The maximum absolute atomic E-state index is 11.5. The van der Waals surface area contributed by atoms with Gasteiger partial charge in [-0.05, 0) is 51.7 Å². The lowest BCUT2D eigenvalue weighted by Gasteiger charge is -2.31. The summed E-state index contributed by atoms with van der Waals surface area (Å²) in [6.45, 7) is 8.49. The lowest BCUT2D eigenvalue weighted by atomic mass is 9.96. The lowest BCUT2D eigenvalue weighted by Crippen LogP contribution is -2.39. The van der Waals surface area contributed by atoms with Crippen LogP contribution in [0.15, 0.2) is 0 Å². The van der Waals surface area contributed by atoms with Crippen molar-refractivity contribution in [1.82, 2.24) is 10.2 Å². The van der Waals surface area contributed by atoms with Crippen LogP contribution < -0.4 is 11.1 Å². The Hall–Kier alpha value is -0.0300. The van der Waals surface area contributed by atoms with E-state index in [4.69, 9.17) is 5.73 Å². The minimum Gasteiger partial charge on any atom is -0.356 e. The van der Waals surface area contributed by atoms with Crippen LogP contribution in [0.2, 0.25) is 0 Å². The summed E-state index contributed by atoms with van der Waals surface area (Å²) in [6, 6.07) is -0.0404. The molecule has 4 nitrogen and oxygen atoms in total. The first kappa shape index (κ1) is 21.3. The molecule has 1 saturated heterocycles. The van der Waals surface area contributed by atoms with Crippen molar-refractivity contribution in [2.24, 2.45) is 11.7 Å². The Bertz CT molecular complexity index is 232. The molecule has 1 atom stereocenters. The molecule has 0 aliphatic carbocycles. The SMILES string of the molecule is CCCN1CCC(CNC(=O)CC(C)N)CC1.Cl.Cl. The second-order valence-corrected chi connectivity index (χ2v) is 5.27. The predicted molar refractivity (Wildman–Crippen MR) is 85.2 cm³/mol. The van der Waals surface area contributed by atoms with Crippen LogP contribution in [0.4, 0.5) is 0 Å². The molecule has 0 saturated carbocycles. The molecule has 1 aliphatic rings. The van der Waals surface area contributed by atoms with E-state index in [-0.39, 0.29) is 36.8 Å². The van der Waals surface area contributed by atoms with Crippen molar-refractivity contribution in [1.29, 1.82) is 0 Å². The molecule has 1 unspecified atom stereocenters. The van der Waals surface area contributed by atoms with E-state index in [0.29, 0.717) is 12.3 Å². The fourth-order valence-corrected chi connectivity index (χ4v) is 2.35. The third-order valence-corrected chi connectivity index (χ3v) is 3.34. The molecule has 1 aliphatic heterocycles. The van der Waals surface area contributed by atoms with E-state index in [1.54, 1.807) is 0 Å². The van der Waals surface area contributed by atoms with Crippen LogP contribution >= 0.6 is 24.8 Å². The average Bonchev–Trinajstić information content (AvgIpc) is 2.28. The molecule has 1 amide bonds. The Kier molecular flexibility index (Phi) is 13.2. The van der Waals surface area contributed by atoms with Crippen LogP contribution in [0.3, 0.4) is 0 Å². The summed E-state index contributed by atoms with van der Waals surface area (Å²) in [5.41, 5.74) is 5.59. The zero-order valence-electron chi connectivity index (χ0n) is 12.1. The minimum absolute atomic E-state index is 0. The molecule has 3 N–H and O–H groups in total. The monoisotopic (exact) mass is 313 g/mol. The summed E-state index contributed by atoms with van der Waals surface area (Å²) in [6.07, 6.45) is 4.08. The normalized spacial score (nSPS) is 18.1. The second-order valence-electron chi connectivity index (χ2n) is 5.27. The first-order valence-corrected chi connectivity index (χ1v) is 6.86. The number of nitrogens with two attached hydrogens (primary N) is 1. The summed E-state index contributed by atoms with van der Waals surface area (Å²) in [4.78, 5) is 14.0. The maximum Gasteiger partial charge on any atom is 0.221 e. The van der Waals surface area contributed by atoms with Crippen molar-refractivity contribution >= 4 is 30.7 Å². The van der Waals surface area contributed by atoms with Crippen LogP contribution in [0, 0.1) is 5.92 Å². The summed E-state index contributed by atoms with van der Waals surface area (Å²) in [7, 11) is 0. The van der Waals surface area contributed by atoms with Crippen molar-refractivity contribution in [3.05, 3.63) is 0 Å². The van der Waals surface area contributed by atoms with Gasteiger partial charge in [-0.3, -0.25) is 4.79 Å². The van der Waals surface area contributed by atoms with Gasteiger partial charge in [0.15, 0.2) is 0 Å². The first-order valence-electron chi connectivity index (χ1n) is 6.86. The van der Waals surface area contributed by atoms with Gasteiger partial charge in [0.05, 0.1) is 0 Å². The van der Waals surface area contributed by atoms with Crippen molar-refractivity contribution in [3.8, 4) is 0 Å². The van der Waals surface area contributed by atoms with Gasteiger partial charge < -0.3 is 16.0 Å². The van der Waals surface area contributed by atoms with Gasteiger partial charge in [0, 0.05) is 19.0 Å². The Labute approximate surface area is 129 Å². The molecule has 0 radical (unpaired) electrons. The average molecular weight is 314 g/mol. The van der Waals surface area contributed by atoms with Crippen LogP contribution in [0.5, 0.6) is 0 Å². The maximum atomic E-state index is 11.5. The molecule has 1 fully saturated rings. The van der Waals surface area contributed by atoms with Gasteiger partial charge in [0.25, 0.3) is 0 Å². The van der Waals surface area contributed by atoms with Gasteiger partial charge in [0.2, 0.25) is 5.91 Å². The molecule has 19 heavy (non-hydrogen) atoms. The second kappa shape index (κ2) is 11.8. The molecule has 0 aromatic rings. The van der Waals surface area contributed by atoms with Crippen LogP contribution in [0.1, 0.15) is 39.5 Å². The van der Waals surface area contributed by atoms with Gasteiger partial charge in [0.1, 0.15) is 0 Å². The molecular weight excluding hydrogens is 285 g/mol. The van der Waals surface area contributed by atoms with E-state index < -0.39 is 0 Å². The molecule has 6 heteroatoms. The number of hydrogen-bond donors (Lipinski definition) is 2. The van der Waals surface area contributed by atoms with E-state index in [1.807, 2.05) is 6.92 Å². The molecule has 1 heterocycles. The van der Waals surface area contributed by atoms with Crippen LogP contribution in [0.25, 0.3) is 0 Å². The number of amides is 1. The number of carbonyl (C=O) groups is 1. The predicted octanol–water partition coefficient (Wildman–Crippen LogP) is 1.81. The summed E-state index contributed by atoms with van der Waals surface area (Å²) >= 11 is 0. The van der Waals surface area contributed by atoms with Gasteiger partial charge in [-0.1, -0.05) is 6.92 Å². The zero-order valence-corrected chi connectivity index (χ0v) is 13.7. The van der Waals surface area contributed by atoms with E-state index in [1.165, 1.54) is 38.9 Å². The van der Waals surface area contributed by atoms with Crippen molar-refractivity contribution < 1.29 is 4.79 Å². The van der Waals surface area contributed by atoms with Gasteiger partial charge in [-0.15, -0.1) is 24.8 Å². The van der Waals surface area contributed by atoms with E-state index in [2.05, 4.69) is 17.1 Å².